The molecule has 2 aliphatic heterocycles. The van der Waals surface area contributed by atoms with Crippen molar-refractivity contribution in [3.8, 4) is 0 Å². The molecular formula is C14H24N2O5. The van der Waals surface area contributed by atoms with Crippen molar-refractivity contribution >= 4 is 12.0 Å². The Kier molecular flexibility index (Phi) is 4.73. The van der Waals surface area contributed by atoms with Crippen molar-refractivity contribution in [3.63, 3.8) is 0 Å². The molecule has 1 unspecified atom stereocenters. The van der Waals surface area contributed by atoms with Gasteiger partial charge >= 0.3 is 12.0 Å². The summed E-state index contributed by atoms with van der Waals surface area (Å²) in [4.78, 5) is 23.6. The first-order chi connectivity index (χ1) is 9.83. The molecule has 0 radical (unpaired) electrons. The van der Waals surface area contributed by atoms with Crippen LogP contribution in [0, 0.1) is 0 Å². The number of nitrogens with one attached hydrogen (secondary N) is 2. The number of rotatable bonds is 3. The standard InChI is InChI=1S/C14H24N2O5/c1-13(2)9-10(3-6-21-13)15-12(19)16-14(11(17)18)4-7-20-8-5-14/h10H,3-9H2,1-2H3,(H,17,18)(H2,15,16,19). The molecule has 3 N–H and O–H groups in total. The van der Waals surface area contributed by atoms with E-state index >= 15 is 0 Å². The van der Waals surface area contributed by atoms with E-state index in [1.54, 1.807) is 0 Å². The topological polar surface area (TPSA) is 96.9 Å². The van der Waals surface area contributed by atoms with E-state index in [0.717, 1.165) is 6.42 Å². The van der Waals surface area contributed by atoms with E-state index in [-0.39, 0.29) is 24.5 Å². The monoisotopic (exact) mass is 300 g/mol. The number of urea groups is 1. The predicted octanol–water partition coefficient (Wildman–Crippen LogP) is 0.877. The predicted molar refractivity (Wildman–Crippen MR) is 75.1 cm³/mol. The lowest BCUT2D eigenvalue weighted by Crippen LogP contribution is -2.61. The molecule has 2 amide bonds. The fourth-order valence-electron chi connectivity index (χ4n) is 2.91. The Balaban J connectivity index is 1.92. The molecule has 0 spiro atoms. The van der Waals surface area contributed by atoms with Gasteiger partial charge in [0.25, 0.3) is 0 Å². The highest BCUT2D eigenvalue weighted by Gasteiger charge is 2.42. The minimum atomic E-state index is -1.22. The van der Waals surface area contributed by atoms with E-state index in [1.165, 1.54) is 0 Å². The zero-order chi connectivity index (χ0) is 15.5. The van der Waals surface area contributed by atoms with Crippen LogP contribution in [0.3, 0.4) is 0 Å². The minimum Gasteiger partial charge on any atom is -0.480 e. The van der Waals surface area contributed by atoms with E-state index in [2.05, 4.69) is 10.6 Å². The normalized spacial score (nSPS) is 27.6. The number of carboxylic acid groups (broad SMARTS) is 1. The maximum absolute atomic E-state index is 12.1. The van der Waals surface area contributed by atoms with Gasteiger partial charge in [-0.2, -0.15) is 0 Å². The maximum Gasteiger partial charge on any atom is 0.329 e. The second-order valence-electron chi connectivity index (χ2n) is 6.40. The van der Waals surface area contributed by atoms with Gasteiger partial charge in [-0.15, -0.1) is 0 Å². The number of hydrogen-bond acceptors (Lipinski definition) is 4. The highest BCUT2D eigenvalue weighted by Crippen LogP contribution is 2.24. The first-order valence-corrected chi connectivity index (χ1v) is 7.37. The van der Waals surface area contributed by atoms with Crippen molar-refractivity contribution in [1.29, 1.82) is 0 Å². The lowest BCUT2D eigenvalue weighted by atomic mass is 9.90. The molecule has 21 heavy (non-hydrogen) atoms. The Bertz CT molecular complexity index is 404. The van der Waals surface area contributed by atoms with Gasteiger partial charge in [0.2, 0.25) is 0 Å². The first kappa shape index (κ1) is 16.0. The summed E-state index contributed by atoms with van der Waals surface area (Å²) in [6.45, 7) is 5.25. The van der Waals surface area contributed by atoms with Crippen molar-refractivity contribution in [3.05, 3.63) is 0 Å². The van der Waals surface area contributed by atoms with Crippen LogP contribution in [0.15, 0.2) is 0 Å². The zero-order valence-corrected chi connectivity index (χ0v) is 12.6. The van der Waals surface area contributed by atoms with Crippen LogP contribution in [0.5, 0.6) is 0 Å². The SMILES string of the molecule is CC1(C)CC(NC(=O)NC2(C(=O)O)CCOCC2)CCO1. The third-order valence-electron chi connectivity index (χ3n) is 4.14. The van der Waals surface area contributed by atoms with E-state index in [0.29, 0.717) is 26.2 Å². The summed E-state index contributed by atoms with van der Waals surface area (Å²) in [5.74, 6) is -1.01. The number of carbonyl (C=O) groups excluding carboxylic acids is 1. The molecule has 0 aromatic carbocycles. The van der Waals surface area contributed by atoms with Crippen LogP contribution >= 0.6 is 0 Å². The number of carboxylic acids is 1. The zero-order valence-electron chi connectivity index (χ0n) is 12.6. The average molecular weight is 300 g/mol. The van der Waals surface area contributed by atoms with Crippen molar-refractivity contribution < 1.29 is 24.2 Å². The highest BCUT2D eigenvalue weighted by molar-refractivity contribution is 5.86. The highest BCUT2D eigenvalue weighted by atomic mass is 16.5. The van der Waals surface area contributed by atoms with E-state index in [4.69, 9.17) is 9.47 Å². The van der Waals surface area contributed by atoms with Gasteiger partial charge in [0.05, 0.1) is 5.60 Å². The molecule has 0 bridgehead atoms. The lowest BCUT2D eigenvalue weighted by Gasteiger charge is -2.37. The molecule has 2 aliphatic rings. The Hall–Kier alpha value is -1.34. The Morgan fingerprint density at radius 1 is 1.19 bits per heavy atom. The molecule has 120 valence electrons. The molecule has 0 saturated carbocycles. The molecule has 7 nitrogen and oxygen atoms in total. The third-order valence-corrected chi connectivity index (χ3v) is 4.14. The number of hydrogen-bond donors (Lipinski definition) is 3. The van der Waals surface area contributed by atoms with Crippen molar-refractivity contribution in [2.75, 3.05) is 19.8 Å². The van der Waals surface area contributed by atoms with E-state index in [1.807, 2.05) is 13.8 Å². The van der Waals surface area contributed by atoms with Crippen LogP contribution in [0.25, 0.3) is 0 Å². The summed E-state index contributed by atoms with van der Waals surface area (Å²) in [5, 5.41) is 14.9. The number of ether oxygens (including phenoxy) is 2. The molecule has 7 heteroatoms. The van der Waals surface area contributed by atoms with E-state index in [9.17, 15) is 14.7 Å². The van der Waals surface area contributed by atoms with Crippen LogP contribution < -0.4 is 10.6 Å². The second-order valence-corrected chi connectivity index (χ2v) is 6.40. The van der Waals surface area contributed by atoms with E-state index < -0.39 is 17.5 Å². The van der Waals surface area contributed by atoms with Gasteiger partial charge in [0.1, 0.15) is 5.54 Å². The van der Waals surface area contributed by atoms with Gasteiger partial charge in [-0.25, -0.2) is 9.59 Å². The lowest BCUT2D eigenvalue weighted by molar-refractivity contribution is -0.148. The first-order valence-electron chi connectivity index (χ1n) is 7.37. The molecular weight excluding hydrogens is 276 g/mol. The van der Waals surface area contributed by atoms with Gasteiger partial charge in [0.15, 0.2) is 0 Å². The summed E-state index contributed by atoms with van der Waals surface area (Å²) in [7, 11) is 0. The van der Waals surface area contributed by atoms with Gasteiger partial charge in [-0.3, -0.25) is 0 Å². The third kappa shape index (κ3) is 4.07. The summed E-state index contributed by atoms with van der Waals surface area (Å²) in [5.41, 5.74) is -1.48. The molecule has 0 aliphatic carbocycles. The largest absolute Gasteiger partial charge is 0.480 e. The number of carbonyl (C=O) groups is 2. The molecule has 2 fully saturated rings. The summed E-state index contributed by atoms with van der Waals surface area (Å²) in [6, 6.07) is -0.429. The van der Waals surface area contributed by atoms with Crippen molar-refractivity contribution in [1.82, 2.24) is 10.6 Å². The van der Waals surface area contributed by atoms with Crippen LogP contribution in [0.1, 0.15) is 39.5 Å². The van der Waals surface area contributed by atoms with Crippen LogP contribution in [-0.2, 0) is 14.3 Å². The molecule has 2 rings (SSSR count). The van der Waals surface area contributed by atoms with Gasteiger partial charge < -0.3 is 25.2 Å². The van der Waals surface area contributed by atoms with Crippen molar-refractivity contribution in [2.45, 2.75) is 56.7 Å². The molecule has 0 aromatic heterocycles. The van der Waals surface area contributed by atoms with Crippen molar-refractivity contribution in [2.24, 2.45) is 0 Å². The molecule has 0 aromatic rings. The summed E-state index contributed by atoms with van der Waals surface area (Å²) < 4.78 is 10.8. The molecule has 1 atom stereocenters. The summed E-state index contributed by atoms with van der Waals surface area (Å²) in [6.07, 6.45) is 2.02. The Morgan fingerprint density at radius 2 is 1.86 bits per heavy atom. The Morgan fingerprint density at radius 3 is 2.43 bits per heavy atom. The summed E-state index contributed by atoms with van der Waals surface area (Å²) >= 11 is 0. The average Bonchev–Trinajstić information content (AvgIpc) is 2.38. The van der Waals surface area contributed by atoms with Gasteiger partial charge in [-0.05, 0) is 26.7 Å². The fraction of sp³-hybridized carbons (Fsp3) is 0.857. The van der Waals surface area contributed by atoms with Crippen LogP contribution in [0.4, 0.5) is 4.79 Å². The van der Waals surface area contributed by atoms with Gasteiger partial charge in [-0.1, -0.05) is 0 Å². The van der Waals surface area contributed by atoms with Crippen LogP contribution in [-0.4, -0.2) is 54.1 Å². The minimum absolute atomic E-state index is 0.000523. The van der Waals surface area contributed by atoms with Crippen LogP contribution in [0.2, 0.25) is 0 Å². The van der Waals surface area contributed by atoms with Gasteiger partial charge in [0, 0.05) is 38.7 Å². The molecule has 2 saturated heterocycles. The second kappa shape index (κ2) is 6.19. The molecule has 2 heterocycles. The Labute approximate surface area is 124 Å². The fourth-order valence-corrected chi connectivity index (χ4v) is 2.91. The number of aliphatic carboxylic acids is 1. The maximum atomic E-state index is 12.1. The smallest absolute Gasteiger partial charge is 0.329 e. The number of amides is 2. The quantitative estimate of drug-likeness (QED) is 0.719.